The molecule has 2 aliphatic rings. The van der Waals surface area contributed by atoms with E-state index >= 15 is 0 Å². The van der Waals surface area contributed by atoms with Crippen molar-refractivity contribution < 1.29 is 330 Å². The standard InChI is InChI=1S/C33H37F27N4O10.C31H33F27N4O9/c34-25(35,36)22(26(37,38)39,27(40,41)42)72-15-21(16-73-23(28(43,44)45,29(46,47)48)30(49,50)51,17-74-24(31(52,53)54,32(55,56)57)33(58,59)60)14-71-10-9-61-1-3-62(11-18(65)66)5-7-64(13-20(69)70)8-6-63(4-2-61)12-19(67)68;32-23(33,34)20(24(35,36)37,25(38,39)40)69-13-19(14-70-21(26(41,42)43,27(44,45)46)28(47,48)49,15-71-22(29(50,51)52,30(53,54)55)31(56,57)58)12-62-7-5-60(10-17(65)66)3-1-59(9-16(63)64)2-4-61(6-8-62)11-18(67)68/h1-17H2,(H,65,66)(H,67,68)(H,69,70);1-15H2,(H,63,64)(H,65,66)(H,67,68). The predicted molar refractivity (Wildman–Crippen MR) is 354 cm³/mol. The quantitative estimate of drug-likeness (QED) is 0.0249. The first-order chi connectivity index (χ1) is 64.1. The summed E-state index contributed by atoms with van der Waals surface area (Å²) in [6.45, 7) is -51.6. The maximum absolute atomic E-state index is 14.1. The summed E-state index contributed by atoms with van der Waals surface area (Å²) in [7, 11) is 0. The molecule has 0 aromatic rings. The fourth-order valence-corrected chi connectivity index (χ4v) is 13.0. The van der Waals surface area contributed by atoms with Crippen molar-refractivity contribution >= 4 is 35.8 Å². The summed E-state index contributed by atoms with van der Waals surface area (Å²) in [5.74, 6) is -10.1. The van der Waals surface area contributed by atoms with Gasteiger partial charge in [0, 0.05) is 118 Å². The van der Waals surface area contributed by atoms with Gasteiger partial charge in [0.25, 0.3) is 0 Å². The minimum Gasteiger partial charge on any atom is -0.480 e. The van der Waals surface area contributed by atoms with E-state index in [0.717, 1.165) is 19.6 Å². The Labute approximate surface area is 769 Å². The summed E-state index contributed by atoms with van der Waals surface area (Å²) < 4.78 is 777. The zero-order chi connectivity index (χ0) is 115. The molecule has 0 aliphatic carbocycles. The molecular formula is C64H70F54N8O19. The molecule has 0 aromatic carbocycles. The van der Waals surface area contributed by atoms with E-state index in [4.69, 9.17) is 0 Å². The number of halogens is 54. The van der Waals surface area contributed by atoms with Crippen LogP contribution in [0.2, 0.25) is 0 Å². The van der Waals surface area contributed by atoms with Crippen molar-refractivity contribution in [1.29, 1.82) is 0 Å². The second kappa shape index (κ2) is 47.5. The summed E-state index contributed by atoms with van der Waals surface area (Å²) >= 11 is 0. The summed E-state index contributed by atoms with van der Waals surface area (Å²) in [6.07, 6.45) is -147. The Morgan fingerprint density at radius 3 is 0.414 bits per heavy atom. The fraction of sp³-hybridized carbons (Fsp3) is 0.906. The first kappa shape index (κ1) is 135. The van der Waals surface area contributed by atoms with Gasteiger partial charge in [0.2, 0.25) is 0 Å². The van der Waals surface area contributed by atoms with Crippen molar-refractivity contribution in [3.8, 4) is 0 Å². The van der Waals surface area contributed by atoms with E-state index in [-0.39, 0.29) is 31.1 Å². The van der Waals surface area contributed by atoms with E-state index in [2.05, 4.69) is 33.2 Å². The molecule has 81 heteroatoms. The highest BCUT2D eigenvalue weighted by atomic mass is 19.5. The normalized spacial score (nSPS) is 18.2. The van der Waals surface area contributed by atoms with Gasteiger partial charge < -0.3 is 63.8 Å². The Morgan fingerprint density at radius 2 is 0.290 bits per heavy atom. The average molecular weight is 2280 g/mol. The number of nitrogens with zero attached hydrogens (tertiary/aromatic N) is 8. The van der Waals surface area contributed by atoms with E-state index < -0.39 is 375 Å². The number of rotatable bonds is 37. The van der Waals surface area contributed by atoms with Crippen molar-refractivity contribution in [2.45, 2.75) is 145 Å². The first-order valence-corrected chi connectivity index (χ1v) is 37.8. The van der Waals surface area contributed by atoms with E-state index in [0.29, 0.717) is 9.80 Å². The van der Waals surface area contributed by atoms with Gasteiger partial charge in [-0.3, -0.25) is 68.0 Å². The highest BCUT2D eigenvalue weighted by molar-refractivity contribution is 5.71. The van der Waals surface area contributed by atoms with Gasteiger partial charge in [0.05, 0.1) is 103 Å². The van der Waals surface area contributed by atoms with Crippen LogP contribution in [0.4, 0.5) is 237 Å². The van der Waals surface area contributed by atoms with Crippen LogP contribution in [-0.4, -0.2) is 460 Å². The Balaban J connectivity index is 0.00000145. The molecule has 0 spiro atoms. The molecule has 0 amide bonds. The van der Waals surface area contributed by atoms with Crippen molar-refractivity contribution in [1.82, 2.24) is 39.2 Å². The molecule has 2 heterocycles. The van der Waals surface area contributed by atoms with Crippen molar-refractivity contribution in [3.05, 3.63) is 0 Å². The van der Waals surface area contributed by atoms with Crippen LogP contribution in [0.1, 0.15) is 0 Å². The number of aliphatic carboxylic acids is 6. The second-order valence-corrected chi connectivity index (χ2v) is 31.0. The van der Waals surface area contributed by atoms with E-state index in [1.54, 1.807) is 0 Å². The molecular weight excluding hydrogens is 2210 g/mol. The van der Waals surface area contributed by atoms with Gasteiger partial charge in [-0.05, 0) is 0 Å². The predicted octanol–water partition coefficient (Wildman–Crippen LogP) is 13.6. The smallest absolute Gasteiger partial charge is 0.435 e. The minimum atomic E-state index is -8.17. The Hall–Kier alpha value is -7.56. The Bertz CT molecular complexity index is 3570. The molecule has 145 heavy (non-hydrogen) atoms. The van der Waals surface area contributed by atoms with Crippen LogP contribution in [0.3, 0.4) is 0 Å². The maximum atomic E-state index is 14.1. The van der Waals surface area contributed by atoms with Crippen molar-refractivity contribution in [3.63, 3.8) is 0 Å². The third kappa shape index (κ3) is 33.0. The van der Waals surface area contributed by atoms with Gasteiger partial charge in [-0.15, -0.1) is 0 Å². The lowest BCUT2D eigenvalue weighted by Crippen LogP contribution is -2.71. The highest BCUT2D eigenvalue weighted by Crippen LogP contribution is 2.64. The molecule has 858 valence electrons. The Kier molecular flexibility index (Phi) is 44.4. The zero-order valence-corrected chi connectivity index (χ0v) is 70.6. The molecule has 0 atom stereocenters. The van der Waals surface area contributed by atoms with Crippen LogP contribution < -0.4 is 0 Å². The molecule has 2 fully saturated rings. The summed E-state index contributed by atoms with van der Waals surface area (Å²) in [4.78, 5) is 75.1. The van der Waals surface area contributed by atoms with Crippen molar-refractivity contribution in [2.24, 2.45) is 10.8 Å². The summed E-state index contributed by atoms with van der Waals surface area (Å²) in [6, 6.07) is 0. The van der Waals surface area contributed by atoms with Gasteiger partial charge in [-0.25, -0.2) is 0 Å². The molecule has 2 rings (SSSR count). The lowest BCUT2D eigenvalue weighted by molar-refractivity contribution is -0.477. The van der Waals surface area contributed by atoms with Crippen LogP contribution in [0.25, 0.3) is 0 Å². The number of carboxylic acid groups (broad SMARTS) is 6. The number of ether oxygens (including phenoxy) is 7. The molecule has 0 bridgehead atoms. The van der Waals surface area contributed by atoms with Crippen LogP contribution in [0, 0.1) is 10.8 Å². The van der Waals surface area contributed by atoms with Gasteiger partial charge >= 0.3 is 181 Å². The second-order valence-electron chi connectivity index (χ2n) is 31.0. The third-order valence-corrected chi connectivity index (χ3v) is 20.3. The molecule has 0 radical (unpaired) electrons. The molecule has 2 aliphatic heterocycles. The topological polar surface area (TPSA) is 314 Å². The van der Waals surface area contributed by atoms with Crippen LogP contribution >= 0.6 is 0 Å². The molecule has 2 saturated heterocycles. The van der Waals surface area contributed by atoms with Crippen LogP contribution in [0.15, 0.2) is 0 Å². The number of hydrogen-bond donors (Lipinski definition) is 6. The van der Waals surface area contributed by atoms with Gasteiger partial charge in [-0.2, -0.15) is 237 Å². The van der Waals surface area contributed by atoms with Gasteiger partial charge in [0.15, 0.2) is 0 Å². The summed E-state index contributed by atoms with van der Waals surface area (Å²) in [5, 5.41) is 55.9. The largest absolute Gasteiger partial charge is 0.480 e. The maximum Gasteiger partial charge on any atom is 0.435 e. The van der Waals surface area contributed by atoms with Crippen LogP contribution in [0.5, 0.6) is 0 Å². The summed E-state index contributed by atoms with van der Waals surface area (Å²) in [5.41, 5.74) is -58.8. The third-order valence-electron chi connectivity index (χ3n) is 20.3. The first-order valence-electron chi connectivity index (χ1n) is 37.8. The molecule has 0 saturated carbocycles. The number of alkyl halides is 54. The molecule has 0 aromatic heterocycles. The zero-order valence-electron chi connectivity index (χ0n) is 70.6. The van der Waals surface area contributed by atoms with E-state index in [1.165, 1.54) is 4.90 Å². The molecule has 27 nitrogen and oxygen atoms in total. The number of hydrogen-bond acceptors (Lipinski definition) is 21. The Morgan fingerprint density at radius 1 is 0.172 bits per heavy atom. The number of carboxylic acids is 6. The highest BCUT2D eigenvalue weighted by Gasteiger charge is 2.92. The van der Waals surface area contributed by atoms with Crippen molar-refractivity contribution in [2.75, 3.05) is 210 Å². The fourth-order valence-electron chi connectivity index (χ4n) is 13.0. The van der Waals surface area contributed by atoms with Crippen LogP contribution in [-0.2, 0) is 61.9 Å². The average Bonchev–Trinajstić information content (AvgIpc) is 0.724. The number of carbonyl (C=O) groups is 6. The van der Waals surface area contributed by atoms with Gasteiger partial charge in [-0.1, -0.05) is 0 Å². The SMILES string of the molecule is O=C(O)CN1CCN(CC(=O)O)CCN(CC(COC(C(F)(F)F)(C(F)(F)F)C(F)(F)F)(COC(C(F)(F)F)(C(F)(F)F)C(F)(F)F)COC(C(F)(F)F)(C(F)(F)F)C(F)(F)F)CCN(CC(=O)O)CC1.O=C(O)CN1CCN(CCOCC(COC(C(F)(F)F)(C(F)(F)F)C(F)(F)F)(COC(C(F)(F)F)(C(F)(F)F)C(F)(F)F)COC(C(F)(F)F)(C(F)(F)F)C(F)(F)F)CCN(CC(=O)O)CCN(CC(=O)O)CC1. The minimum absolute atomic E-state index is 0.167. The monoisotopic (exact) mass is 2280 g/mol. The van der Waals surface area contributed by atoms with E-state index in [1.807, 2.05) is 0 Å². The van der Waals surface area contributed by atoms with Gasteiger partial charge in [0.1, 0.15) is 0 Å². The lowest BCUT2D eigenvalue weighted by atomic mass is 9.87. The molecule has 0 unspecified atom stereocenters. The van der Waals surface area contributed by atoms with E-state index in [9.17, 15) is 296 Å². The lowest BCUT2D eigenvalue weighted by Gasteiger charge is -2.47. The molecule has 6 N–H and O–H groups in total.